The van der Waals surface area contributed by atoms with E-state index in [1.807, 2.05) is 0 Å². The first-order valence-electron chi connectivity index (χ1n) is 12.4. The van der Waals surface area contributed by atoms with Crippen molar-refractivity contribution in [2.45, 2.75) is 55.8 Å². The van der Waals surface area contributed by atoms with Crippen molar-refractivity contribution in [3.05, 3.63) is 54.2 Å². The molecule has 34 heavy (non-hydrogen) atoms. The summed E-state index contributed by atoms with van der Waals surface area (Å²) in [6, 6.07) is 7.98. The van der Waals surface area contributed by atoms with E-state index >= 15 is 0 Å². The van der Waals surface area contributed by atoms with E-state index < -0.39 is 9.84 Å². The average Bonchev–Trinajstić information content (AvgIpc) is 3.27. The van der Waals surface area contributed by atoms with Crippen LogP contribution in [0.4, 0.5) is 4.39 Å². The molecule has 3 heterocycles. The van der Waals surface area contributed by atoms with Crippen molar-refractivity contribution in [3.8, 4) is 0 Å². The summed E-state index contributed by atoms with van der Waals surface area (Å²) in [5.74, 6) is 1.24. The molecule has 182 valence electrons. The van der Waals surface area contributed by atoms with Crippen molar-refractivity contribution >= 4 is 20.8 Å². The van der Waals surface area contributed by atoms with Gasteiger partial charge in [-0.1, -0.05) is 18.0 Å². The lowest BCUT2D eigenvalue weighted by atomic mass is 9.81. The summed E-state index contributed by atoms with van der Waals surface area (Å²) in [7, 11) is -3.25. The van der Waals surface area contributed by atoms with Crippen LogP contribution in [0.25, 0.3) is 11.0 Å². The quantitative estimate of drug-likeness (QED) is 0.457. The van der Waals surface area contributed by atoms with Gasteiger partial charge in [0.15, 0.2) is 15.4 Å². The number of sulfone groups is 1. The van der Waals surface area contributed by atoms with Crippen molar-refractivity contribution in [3.63, 3.8) is 0 Å². The third kappa shape index (κ3) is 5.33. The molecule has 0 spiro atoms. The second-order valence-corrected chi connectivity index (χ2v) is 12.0. The number of piperidine rings is 1. The Morgan fingerprint density at radius 1 is 1.03 bits per heavy atom. The molecule has 1 aliphatic heterocycles. The molecule has 1 aromatic carbocycles. The van der Waals surface area contributed by atoms with Crippen LogP contribution in [0.3, 0.4) is 0 Å². The Balaban J connectivity index is 1.05. The molecule has 1 saturated heterocycles. The summed E-state index contributed by atoms with van der Waals surface area (Å²) in [4.78, 5) is 6.83. The maximum absolute atomic E-state index is 13.4. The zero-order valence-corrected chi connectivity index (χ0v) is 20.2. The summed E-state index contributed by atoms with van der Waals surface area (Å²) in [6.45, 7) is 3.18. The first kappa shape index (κ1) is 23.4. The molecule has 3 aromatic rings. The minimum atomic E-state index is -3.25. The number of hydrogen-bond acceptors (Lipinski definition) is 6. The lowest BCUT2D eigenvalue weighted by Crippen LogP contribution is -2.35. The number of aromatic nitrogens is 2. The minimum Gasteiger partial charge on any atom is -0.356 e. The van der Waals surface area contributed by atoms with Crippen molar-refractivity contribution in [2.75, 3.05) is 25.4 Å². The number of likely N-dealkylation sites (tertiary alicyclic amines) is 1. The lowest BCUT2D eigenvalue weighted by Gasteiger charge is -2.34. The van der Waals surface area contributed by atoms with Gasteiger partial charge < -0.3 is 9.42 Å². The fraction of sp³-hybridized carbons (Fsp3) is 0.538. The summed E-state index contributed by atoms with van der Waals surface area (Å²) in [5, 5.41) is 5.18. The molecule has 0 amide bonds. The predicted octanol–water partition coefficient (Wildman–Crippen LogP) is 5.21. The first-order valence-corrected chi connectivity index (χ1v) is 14.0. The molecule has 0 bridgehead atoms. The number of rotatable bonds is 7. The number of hydrogen-bond donors (Lipinski definition) is 0. The van der Waals surface area contributed by atoms with Crippen LogP contribution >= 0.6 is 0 Å². The van der Waals surface area contributed by atoms with E-state index in [4.69, 9.17) is 4.52 Å². The van der Waals surface area contributed by atoms with Crippen LogP contribution in [-0.4, -0.2) is 48.8 Å². The molecule has 2 aliphatic rings. The van der Waals surface area contributed by atoms with Gasteiger partial charge in [-0.05, 0) is 87.8 Å². The van der Waals surface area contributed by atoms with E-state index in [9.17, 15) is 12.8 Å². The highest BCUT2D eigenvalue weighted by atomic mass is 32.2. The van der Waals surface area contributed by atoms with Crippen LogP contribution in [0.1, 0.15) is 56.6 Å². The topological polar surface area (TPSA) is 76.3 Å². The van der Waals surface area contributed by atoms with Crippen LogP contribution in [-0.2, 0) is 9.84 Å². The molecule has 8 heteroatoms. The molecule has 1 aliphatic carbocycles. The maximum Gasteiger partial charge on any atom is 0.180 e. The molecular formula is C26H32FN3O3S. The molecule has 0 radical (unpaired) electrons. The van der Waals surface area contributed by atoms with Gasteiger partial charge in [0, 0.05) is 29.8 Å². The summed E-state index contributed by atoms with van der Waals surface area (Å²) in [5.41, 5.74) is 1.50. The van der Waals surface area contributed by atoms with Gasteiger partial charge >= 0.3 is 0 Å². The summed E-state index contributed by atoms with van der Waals surface area (Å²) in [6.07, 6.45) is 10.5. The Hall–Kier alpha value is -2.32. The van der Waals surface area contributed by atoms with E-state index in [1.165, 1.54) is 24.8 Å². The van der Waals surface area contributed by atoms with Crippen LogP contribution in [0.2, 0.25) is 0 Å². The fourth-order valence-electron chi connectivity index (χ4n) is 5.64. The molecule has 6 nitrogen and oxygen atoms in total. The first-order chi connectivity index (χ1) is 16.5. The van der Waals surface area contributed by atoms with Gasteiger partial charge in [-0.3, -0.25) is 4.98 Å². The Kier molecular flexibility index (Phi) is 6.97. The highest BCUT2D eigenvalue weighted by Crippen LogP contribution is 2.35. The lowest BCUT2D eigenvalue weighted by molar-refractivity contribution is 0.180. The normalized spacial score (nSPS) is 22.9. The summed E-state index contributed by atoms with van der Waals surface area (Å²) < 4.78 is 44.1. The number of pyridine rings is 1. The van der Waals surface area contributed by atoms with Crippen molar-refractivity contribution in [1.29, 1.82) is 0 Å². The zero-order chi connectivity index (χ0) is 23.5. The summed E-state index contributed by atoms with van der Waals surface area (Å²) >= 11 is 0. The molecule has 2 aromatic heterocycles. The molecule has 0 unspecified atom stereocenters. The van der Waals surface area contributed by atoms with E-state index in [1.54, 1.807) is 24.4 Å². The van der Waals surface area contributed by atoms with Crippen molar-refractivity contribution in [1.82, 2.24) is 15.0 Å². The number of nitrogens with zero attached hydrogens (tertiary/aromatic N) is 3. The Bertz CT molecular complexity index is 1200. The van der Waals surface area contributed by atoms with Crippen molar-refractivity contribution < 1.29 is 17.3 Å². The zero-order valence-electron chi connectivity index (χ0n) is 19.4. The van der Waals surface area contributed by atoms with Gasteiger partial charge in [-0.15, -0.1) is 0 Å². The highest BCUT2D eigenvalue weighted by molar-refractivity contribution is 7.91. The SMILES string of the molecule is O=S(=O)(CC1CCC(CCN2CCC(c3noc4cc(F)ccc34)CC2)CC1)c1cccnc1. The van der Waals surface area contributed by atoms with E-state index in [0.717, 1.165) is 69.2 Å². The van der Waals surface area contributed by atoms with Crippen LogP contribution in [0, 0.1) is 17.7 Å². The van der Waals surface area contributed by atoms with Crippen molar-refractivity contribution in [2.24, 2.45) is 11.8 Å². The second-order valence-electron chi connectivity index (χ2n) is 9.97. The Labute approximate surface area is 200 Å². The standard InChI is InChI=1S/C26H32FN3O3S/c27-22-7-8-24-25(16-22)33-29-26(24)21-10-14-30(15-11-21)13-9-19-3-5-20(6-4-19)18-34(31,32)23-2-1-12-28-17-23/h1-2,7-8,12,16-17,19-21H,3-6,9-11,13-15,18H2. The Morgan fingerprint density at radius 2 is 1.79 bits per heavy atom. The maximum atomic E-state index is 13.4. The van der Waals surface area contributed by atoms with Gasteiger partial charge in [0.2, 0.25) is 0 Å². The number of benzene rings is 1. The molecule has 0 N–H and O–H groups in total. The van der Waals surface area contributed by atoms with Gasteiger partial charge in [-0.2, -0.15) is 0 Å². The Morgan fingerprint density at radius 3 is 2.53 bits per heavy atom. The van der Waals surface area contributed by atoms with Crippen LogP contribution in [0.5, 0.6) is 0 Å². The largest absolute Gasteiger partial charge is 0.356 e. The minimum absolute atomic E-state index is 0.238. The third-order valence-corrected chi connectivity index (χ3v) is 9.57. The van der Waals surface area contributed by atoms with Gasteiger partial charge in [0.05, 0.1) is 16.3 Å². The van der Waals surface area contributed by atoms with E-state index in [-0.39, 0.29) is 17.5 Å². The van der Waals surface area contributed by atoms with Crippen LogP contribution < -0.4 is 0 Å². The average molecular weight is 486 g/mol. The highest BCUT2D eigenvalue weighted by Gasteiger charge is 2.28. The molecule has 1 saturated carbocycles. The van der Waals surface area contributed by atoms with Gasteiger partial charge in [-0.25, -0.2) is 12.8 Å². The molecule has 5 rings (SSSR count). The fourth-order valence-corrected chi connectivity index (χ4v) is 7.30. The molecule has 2 fully saturated rings. The number of halogens is 1. The third-order valence-electron chi connectivity index (χ3n) is 7.70. The van der Waals surface area contributed by atoms with Crippen LogP contribution in [0.15, 0.2) is 52.1 Å². The van der Waals surface area contributed by atoms with E-state index in [2.05, 4.69) is 15.0 Å². The second kappa shape index (κ2) is 10.1. The monoisotopic (exact) mass is 485 g/mol. The predicted molar refractivity (Wildman–Crippen MR) is 129 cm³/mol. The smallest absolute Gasteiger partial charge is 0.180 e. The van der Waals surface area contributed by atoms with Gasteiger partial charge in [0.25, 0.3) is 0 Å². The number of fused-ring (bicyclic) bond motifs is 1. The molecule has 0 atom stereocenters. The van der Waals surface area contributed by atoms with Gasteiger partial charge in [0.1, 0.15) is 5.82 Å². The van der Waals surface area contributed by atoms with E-state index in [0.29, 0.717) is 22.3 Å². The molecular weight excluding hydrogens is 453 g/mol.